The Morgan fingerprint density at radius 3 is 2.14 bits per heavy atom. The average molecular weight is 511 g/mol. The van der Waals surface area contributed by atoms with Crippen molar-refractivity contribution in [2.75, 3.05) is 44.2 Å². The maximum absolute atomic E-state index is 13.5. The van der Waals surface area contributed by atoms with Crippen molar-refractivity contribution in [3.05, 3.63) is 59.7 Å². The number of nitrogens with zero attached hydrogens (tertiary/aromatic N) is 3. The maximum atomic E-state index is 13.5. The molecule has 0 unspecified atom stereocenters. The lowest BCUT2D eigenvalue weighted by atomic mass is 10.0. The Kier molecular flexibility index (Phi) is 7.65. The van der Waals surface area contributed by atoms with E-state index in [0.717, 1.165) is 43.0 Å². The Morgan fingerprint density at radius 2 is 1.47 bits per heavy atom. The number of rotatable bonds is 6. The Morgan fingerprint density at radius 1 is 0.833 bits per heavy atom. The topological polar surface area (TPSA) is 73.0 Å². The molecular weight excluding hydrogens is 472 g/mol. The number of benzene rings is 2. The zero-order valence-corrected chi connectivity index (χ0v) is 22.0. The minimum atomic E-state index is -3.54. The van der Waals surface area contributed by atoms with Gasteiger partial charge in [0.05, 0.1) is 10.5 Å². The molecule has 0 spiro atoms. The molecule has 3 aliphatic rings. The summed E-state index contributed by atoms with van der Waals surface area (Å²) in [4.78, 5) is 20.6. The summed E-state index contributed by atoms with van der Waals surface area (Å²) in [7, 11) is -3.54. The molecule has 2 heterocycles. The van der Waals surface area contributed by atoms with Crippen LogP contribution in [0.5, 0.6) is 0 Å². The number of para-hydroxylation sites is 1. The molecule has 0 bridgehead atoms. The number of sulfonamides is 1. The summed E-state index contributed by atoms with van der Waals surface area (Å²) in [6, 6.07) is 15.4. The van der Waals surface area contributed by atoms with Gasteiger partial charge in [0.1, 0.15) is 0 Å². The van der Waals surface area contributed by atoms with E-state index in [9.17, 15) is 13.2 Å². The predicted octanol–water partition coefficient (Wildman–Crippen LogP) is 3.64. The van der Waals surface area contributed by atoms with Gasteiger partial charge in [-0.15, -0.1) is 0 Å². The summed E-state index contributed by atoms with van der Waals surface area (Å²) in [6.45, 7) is 6.86. The van der Waals surface area contributed by atoms with Crippen LogP contribution in [0.2, 0.25) is 0 Å². The van der Waals surface area contributed by atoms with Crippen LogP contribution in [0.1, 0.15) is 54.4 Å². The molecule has 1 amide bonds. The molecule has 1 aliphatic carbocycles. The van der Waals surface area contributed by atoms with Crippen LogP contribution in [-0.2, 0) is 10.0 Å². The second-order valence-electron chi connectivity index (χ2n) is 10.5. The number of piperazine rings is 1. The number of carbonyl (C=O) groups excluding carboxylic acids is 1. The molecule has 1 N–H and O–H groups in total. The second-order valence-corrected chi connectivity index (χ2v) is 12.2. The zero-order chi connectivity index (χ0) is 25.1. The molecule has 8 heteroatoms. The summed E-state index contributed by atoms with van der Waals surface area (Å²) < 4.78 is 28.5. The number of hydrogen-bond acceptors (Lipinski definition) is 5. The first-order valence-corrected chi connectivity index (χ1v) is 14.9. The fraction of sp³-hybridized carbons (Fsp3) is 0.536. The van der Waals surface area contributed by atoms with Gasteiger partial charge in [0.2, 0.25) is 10.0 Å². The van der Waals surface area contributed by atoms with Gasteiger partial charge < -0.3 is 9.80 Å². The smallest absolute Gasteiger partial charge is 0.256 e. The molecule has 5 rings (SSSR count). The van der Waals surface area contributed by atoms with Gasteiger partial charge in [0.25, 0.3) is 5.91 Å². The first-order chi connectivity index (χ1) is 17.4. The maximum Gasteiger partial charge on any atom is 0.256 e. The average Bonchev–Trinajstić information content (AvgIpc) is 3.44. The summed E-state index contributed by atoms with van der Waals surface area (Å²) in [5.41, 5.74) is 2.75. The number of hydrogen-bond donors (Lipinski definition) is 1. The number of amides is 1. The lowest BCUT2D eigenvalue weighted by molar-refractivity contribution is 0.0574. The Bertz CT molecular complexity index is 1150. The molecule has 2 saturated heterocycles. The van der Waals surface area contributed by atoms with Crippen molar-refractivity contribution in [3.63, 3.8) is 0 Å². The Balaban J connectivity index is 1.19. The van der Waals surface area contributed by atoms with E-state index in [2.05, 4.69) is 14.5 Å². The molecule has 3 fully saturated rings. The third kappa shape index (κ3) is 5.61. The van der Waals surface area contributed by atoms with E-state index in [1.807, 2.05) is 48.2 Å². The van der Waals surface area contributed by atoms with Gasteiger partial charge in [-0.2, -0.15) is 0 Å². The lowest BCUT2D eigenvalue weighted by Gasteiger charge is -2.39. The van der Waals surface area contributed by atoms with Gasteiger partial charge in [0.15, 0.2) is 0 Å². The van der Waals surface area contributed by atoms with Crippen LogP contribution in [0.3, 0.4) is 0 Å². The molecule has 1 saturated carbocycles. The number of piperidine rings is 1. The lowest BCUT2D eigenvalue weighted by Crippen LogP contribution is -2.51. The molecule has 2 aromatic rings. The fourth-order valence-corrected chi connectivity index (χ4v) is 7.21. The van der Waals surface area contributed by atoms with Crippen LogP contribution < -0.4 is 9.62 Å². The van der Waals surface area contributed by atoms with E-state index in [4.69, 9.17) is 0 Å². The van der Waals surface area contributed by atoms with Gasteiger partial charge in [-0.05, 0) is 56.9 Å². The Hall–Kier alpha value is -2.42. The molecule has 194 valence electrons. The van der Waals surface area contributed by atoms with Crippen molar-refractivity contribution in [1.82, 2.24) is 14.5 Å². The van der Waals surface area contributed by atoms with Crippen LogP contribution in [0.15, 0.2) is 53.4 Å². The van der Waals surface area contributed by atoms with Crippen LogP contribution in [0.25, 0.3) is 0 Å². The van der Waals surface area contributed by atoms with Gasteiger partial charge in [0, 0.05) is 57.0 Å². The molecule has 0 aromatic heterocycles. The highest BCUT2D eigenvalue weighted by Crippen LogP contribution is 2.28. The second kappa shape index (κ2) is 10.9. The largest absolute Gasteiger partial charge is 0.371 e. The molecule has 0 atom stereocenters. The molecule has 2 aromatic carbocycles. The van der Waals surface area contributed by atoms with Crippen molar-refractivity contribution < 1.29 is 13.2 Å². The van der Waals surface area contributed by atoms with E-state index in [0.29, 0.717) is 36.9 Å². The summed E-state index contributed by atoms with van der Waals surface area (Å²) in [6.07, 6.45) is 6.67. The van der Waals surface area contributed by atoms with E-state index >= 15 is 0 Å². The molecule has 36 heavy (non-hydrogen) atoms. The van der Waals surface area contributed by atoms with Gasteiger partial charge >= 0.3 is 0 Å². The van der Waals surface area contributed by atoms with Crippen LogP contribution >= 0.6 is 0 Å². The van der Waals surface area contributed by atoms with Crippen molar-refractivity contribution in [3.8, 4) is 0 Å². The normalized spacial score (nSPS) is 20.7. The first-order valence-electron chi connectivity index (χ1n) is 13.4. The van der Waals surface area contributed by atoms with Crippen LogP contribution in [0, 0.1) is 6.92 Å². The van der Waals surface area contributed by atoms with E-state index in [1.54, 1.807) is 12.1 Å². The van der Waals surface area contributed by atoms with E-state index in [1.165, 1.54) is 25.7 Å². The highest BCUT2D eigenvalue weighted by molar-refractivity contribution is 7.89. The van der Waals surface area contributed by atoms with Crippen molar-refractivity contribution in [2.45, 2.75) is 62.4 Å². The number of anilines is 1. The zero-order valence-electron chi connectivity index (χ0n) is 21.2. The van der Waals surface area contributed by atoms with Crippen LogP contribution in [0.4, 0.5) is 5.69 Å². The van der Waals surface area contributed by atoms with Gasteiger partial charge in [-0.3, -0.25) is 9.69 Å². The number of nitrogens with one attached hydrogen (secondary N) is 1. The number of aryl methyl sites for hydroxylation is 1. The van der Waals surface area contributed by atoms with Crippen molar-refractivity contribution in [2.24, 2.45) is 0 Å². The third-order valence-corrected chi connectivity index (χ3v) is 9.60. The van der Waals surface area contributed by atoms with Crippen molar-refractivity contribution >= 4 is 21.6 Å². The third-order valence-electron chi connectivity index (χ3n) is 8.07. The minimum Gasteiger partial charge on any atom is -0.371 e. The SMILES string of the molecule is Cc1ccc(S(=O)(=O)NC2CCN(c3ccccc3C(=O)N3CCN(C4CCCC4)CC3)CC2)cc1. The predicted molar refractivity (Wildman–Crippen MR) is 143 cm³/mol. The molecule has 7 nitrogen and oxygen atoms in total. The first kappa shape index (κ1) is 25.2. The molecule has 2 aliphatic heterocycles. The summed E-state index contributed by atoms with van der Waals surface area (Å²) in [5, 5.41) is 0. The highest BCUT2D eigenvalue weighted by atomic mass is 32.2. The summed E-state index contributed by atoms with van der Waals surface area (Å²) in [5.74, 6) is 0.110. The molecule has 0 radical (unpaired) electrons. The van der Waals surface area contributed by atoms with Gasteiger partial charge in [-0.25, -0.2) is 13.1 Å². The quantitative estimate of drug-likeness (QED) is 0.642. The monoisotopic (exact) mass is 510 g/mol. The van der Waals surface area contributed by atoms with E-state index < -0.39 is 10.0 Å². The highest BCUT2D eigenvalue weighted by Gasteiger charge is 2.31. The standard InChI is InChI=1S/C28H38N4O3S/c1-22-10-12-25(13-11-22)36(34,35)29-23-14-16-31(17-15-23)27-9-5-4-8-26(27)28(33)32-20-18-30(19-21-32)24-6-2-3-7-24/h4-5,8-13,23-24,29H,2-3,6-7,14-21H2,1H3. The minimum absolute atomic E-state index is 0.110. The summed E-state index contributed by atoms with van der Waals surface area (Å²) >= 11 is 0. The van der Waals surface area contributed by atoms with Crippen LogP contribution in [-0.4, -0.2) is 75.5 Å². The van der Waals surface area contributed by atoms with E-state index in [-0.39, 0.29) is 11.9 Å². The number of carbonyl (C=O) groups is 1. The fourth-order valence-electron chi connectivity index (χ4n) is 5.90. The Labute approximate surface area is 215 Å². The van der Waals surface area contributed by atoms with Gasteiger partial charge in [-0.1, -0.05) is 42.7 Å². The van der Waals surface area contributed by atoms with Crippen molar-refractivity contribution in [1.29, 1.82) is 0 Å². The molecular formula is C28H38N4O3S.